The SMILES string of the molecule is CCCCCCCCCC[C@@H]1OC(C)(C)O[C@@H]1CC[C@@H](O)[C@@H](O)CC[C@H](O)[C@H]1CCC(=O)O1. The van der Waals surface area contributed by atoms with Crippen molar-refractivity contribution < 1.29 is 34.3 Å². The number of carbonyl (C=O) groups is 1. The Balaban J connectivity index is 1.65. The average molecular weight is 473 g/mol. The Morgan fingerprint density at radius 3 is 2.03 bits per heavy atom. The van der Waals surface area contributed by atoms with Crippen LogP contribution >= 0.6 is 0 Å². The van der Waals surface area contributed by atoms with Crippen LogP contribution in [-0.2, 0) is 19.0 Å². The molecule has 0 aromatic rings. The molecule has 0 aromatic heterocycles. The molecule has 2 heterocycles. The van der Waals surface area contributed by atoms with Crippen molar-refractivity contribution in [2.75, 3.05) is 0 Å². The Hall–Kier alpha value is -0.730. The Bertz CT molecular complexity index is 553. The molecule has 6 atom stereocenters. The topological polar surface area (TPSA) is 105 Å². The highest BCUT2D eigenvalue weighted by molar-refractivity contribution is 5.71. The number of rotatable bonds is 17. The van der Waals surface area contributed by atoms with Gasteiger partial charge in [-0.3, -0.25) is 4.79 Å². The molecule has 33 heavy (non-hydrogen) atoms. The summed E-state index contributed by atoms with van der Waals surface area (Å²) >= 11 is 0. The zero-order chi connectivity index (χ0) is 24.3. The van der Waals surface area contributed by atoms with Gasteiger partial charge in [0.1, 0.15) is 6.10 Å². The van der Waals surface area contributed by atoms with Gasteiger partial charge in [0, 0.05) is 6.42 Å². The van der Waals surface area contributed by atoms with E-state index >= 15 is 0 Å². The number of aliphatic hydroxyl groups excluding tert-OH is 3. The average Bonchev–Trinajstić information content (AvgIpc) is 3.33. The van der Waals surface area contributed by atoms with Gasteiger partial charge < -0.3 is 29.5 Å². The summed E-state index contributed by atoms with van der Waals surface area (Å²) in [5.74, 6) is -0.912. The smallest absolute Gasteiger partial charge is 0.306 e. The zero-order valence-corrected chi connectivity index (χ0v) is 21.0. The van der Waals surface area contributed by atoms with E-state index in [0.29, 0.717) is 25.7 Å². The Morgan fingerprint density at radius 1 is 0.848 bits per heavy atom. The monoisotopic (exact) mass is 472 g/mol. The molecule has 0 aromatic carbocycles. The lowest BCUT2D eigenvalue weighted by atomic mass is 9.96. The van der Waals surface area contributed by atoms with E-state index in [-0.39, 0.29) is 31.0 Å². The molecule has 194 valence electrons. The van der Waals surface area contributed by atoms with Crippen molar-refractivity contribution in [2.45, 2.75) is 159 Å². The number of esters is 1. The molecular weight excluding hydrogens is 424 g/mol. The van der Waals surface area contributed by atoms with Crippen LogP contribution in [0, 0.1) is 0 Å². The second-order valence-corrected chi connectivity index (χ2v) is 10.4. The second kappa shape index (κ2) is 14.6. The van der Waals surface area contributed by atoms with Crippen molar-refractivity contribution in [3.8, 4) is 0 Å². The standard InChI is InChI=1S/C26H48O7/c1-4-5-6-7-8-9-10-11-12-23-24(33-26(2,3)32-23)16-15-20(28)19(27)13-14-21(29)22-17-18-25(30)31-22/h19-24,27-29H,4-18H2,1-3H3/t19-,20+,21-,22+,23-,24+/m0/s1. The molecule has 0 unspecified atom stereocenters. The maximum absolute atomic E-state index is 11.2. The van der Waals surface area contributed by atoms with E-state index < -0.39 is 30.2 Å². The first kappa shape index (κ1) is 28.5. The molecule has 2 rings (SSSR count). The molecule has 2 aliphatic heterocycles. The highest BCUT2D eigenvalue weighted by Gasteiger charge is 2.41. The fourth-order valence-corrected chi connectivity index (χ4v) is 4.94. The van der Waals surface area contributed by atoms with Crippen molar-refractivity contribution in [1.82, 2.24) is 0 Å². The molecule has 7 heteroatoms. The number of carbonyl (C=O) groups excluding carboxylic acids is 1. The number of hydrogen-bond donors (Lipinski definition) is 3. The number of hydrogen-bond acceptors (Lipinski definition) is 7. The summed E-state index contributed by atoms with van der Waals surface area (Å²) in [6, 6.07) is 0. The van der Waals surface area contributed by atoms with Crippen molar-refractivity contribution in [1.29, 1.82) is 0 Å². The summed E-state index contributed by atoms with van der Waals surface area (Å²) in [6.07, 6.45) is 10.3. The first-order valence-electron chi connectivity index (χ1n) is 13.3. The lowest BCUT2D eigenvalue weighted by Crippen LogP contribution is -2.32. The minimum Gasteiger partial charge on any atom is -0.460 e. The summed E-state index contributed by atoms with van der Waals surface area (Å²) < 4.78 is 17.3. The van der Waals surface area contributed by atoms with Crippen LogP contribution in [0.4, 0.5) is 0 Å². The van der Waals surface area contributed by atoms with Crippen molar-refractivity contribution >= 4 is 5.97 Å². The van der Waals surface area contributed by atoms with Crippen LogP contribution in [0.25, 0.3) is 0 Å². The molecule has 2 fully saturated rings. The van der Waals surface area contributed by atoms with Crippen LogP contribution in [0.3, 0.4) is 0 Å². The van der Waals surface area contributed by atoms with E-state index in [0.717, 1.165) is 12.8 Å². The van der Waals surface area contributed by atoms with Gasteiger partial charge in [-0.1, -0.05) is 58.3 Å². The van der Waals surface area contributed by atoms with Crippen LogP contribution in [0.15, 0.2) is 0 Å². The first-order valence-corrected chi connectivity index (χ1v) is 13.3. The van der Waals surface area contributed by atoms with Crippen molar-refractivity contribution in [3.05, 3.63) is 0 Å². The molecule has 0 amide bonds. The number of cyclic esters (lactones) is 1. The maximum atomic E-state index is 11.2. The molecule has 3 N–H and O–H groups in total. The highest BCUT2D eigenvalue weighted by Crippen LogP contribution is 2.34. The van der Waals surface area contributed by atoms with E-state index in [1.165, 1.54) is 44.9 Å². The Kier molecular flexibility index (Phi) is 12.6. The van der Waals surface area contributed by atoms with Gasteiger partial charge in [-0.05, 0) is 52.4 Å². The molecule has 2 aliphatic rings. The molecular formula is C26H48O7. The van der Waals surface area contributed by atoms with Crippen LogP contribution in [0.1, 0.15) is 117 Å². The number of aliphatic hydroxyl groups is 3. The minimum atomic E-state index is -0.932. The van der Waals surface area contributed by atoms with Crippen LogP contribution < -0.4 is 0 Å². The lowest BCUT2D eigenvalue weighted by Gasteiger charge is -2.23. The van der Waals surface area contributed by atoms with E-state index in [2.05, 4.69) is 6.92 Å². The van der Waals surface area contributed by atoms with Gasteiger partial charge in [-0.2, -0.15) is 0 Å². The molecule has 0 radical (unpaired) electrons. The summed E-state index contributed by atoms with van der Waals surface area (Å²) in [7, 11) is 0. The lowest BCUT2D eigenvalue weighted by molar-refractivity contribution is -0.148. The van der Waals surface area contributed by atoms with Gasteiger partial charge >= 0.3 is 5.97 Å². The van der Waals surface area contributed by atoms with E-state index in [1.54, 1.807) is 0 Å². The largest absolute Gasteiger partial charge is 0.460 e. The number of unbranched alkanes of at least 4 members (excludes halogenated alkanes) is 7. The van der Waals surface area contributed by atoms with Gasteiger partial charge in [0.25, 0.3) is 0 Å². The summed E-state index contributed by atoms with van der Waals surface area (Å²) in [5.41, 5.74) is 0. The fraction of sp³-hybridized carbons (Fsp3) is 0.962. The fourth-order valence-electron chi connectivity index (χ4n) is 4.94. The van der Waals surface area contributed by atoms with Crippen molar-refractivity contribution in [2.24, 2.45) is 0 Å². The molecule has 0 saturated carbocycles. The van der Waals surface area contributed by atoms with Crippen LogP contribution in [0.2, 0.25) is 0 Å². The van der Waals surface area contributed by atoms with Crippen molar-refractivity contribution in [3.63, 3.8) is 0 Å². The second-order valence-electron chi connectivity index (χ2n) is 10.4. The summed E-state index contributed by atoms with van der Waals surface area (Å²) in [4.78, 5) is 11.2. The zero-order valence-electron chi connectivity index (χ0n) is 21.0. The third-order valence-electron chi connectivity index (χ3n) is 6.92. The van der Waals surface area contributed by atoms with Gasteiger partial charge in [0.2, 0.25) is 0 Å². The number of ether oxygens (including phenoxy) is 3. The van der Waals surface area contributed by atoms with E-state index in [1.807, 2.05) is 13.8 Å². The molecule has 0 aliphatic carbocycles. The predicted molar refractivity (Wildman–Crippen MR) is 127 cm³/mol. The molecule has 7 nitrogen and oxygen atoms in total. The molecule has 0 bridgehead atoms. The molecule has 2 saturated heterocycles. The van der Waals surface area contributed by atoms with Crippen LogP contribution in [0.5, 0.6) is 0 Å². The van der Waals surface area contributed by atoms with E-state index in [4.69, 9.17) is 14.2 Å². The third-order valence-corrected chi connectivity index (χ3v) is 6.92. The normalized spacial score (nSPS) is 27.5. The first-order chi connectivity index (χ1) is 15.7. The quantitative estimate of drug-likeness (QED) is 0.213. The Morgan fingerprint density at radius 2 is 1.42 bits per heavy atom. The van der Waals surface area contributed by atoms with E-state index in [9.17, 15) is 20.1 Å². The third kappa shape index (κ3) is 10.6. The Labute approximate surface area is 200 Å². The van der Waals surface area contributed by atoms with Gasteiger partial charge in [0.15, 0.2) is 5.79 Å². The van der Waals surface area contributed by atoms with Gasteiger partial charge in [-0.15, -0.1) is 0 Å². The maximum Gasteiger partial charge on any atom is 0.306 e. The predicted octanol–water partition coefficient (Wildman–Crippen LogP) is 4.39. The van der Waals surface area contributed by atoms with Crippen LogP contribution in [-0.4, -0.2) is 63.7 Å². The molecule has 0 spiro atoms. The van der Waals surface area contributed by atoms with Gasteiger partial charge in [0.05, 0.1) is 30.5 Å². The van der Waals surface area contributed by atoms with Gasteiger partial charge in [-0.25, -0.2) is 0 Å². The highest BCUT2D eigenvalue weighted by atomic mass is 16.7. The summed E-state index contributed by atoms with van der Waals surface area (Å²) in [5, 5.41) is 30.9. The minimum absolute atomic E-state index is 0.0170. The summed E-state index contributed by atoms with van der Waals surface area (Å²) in [6.45, 7) is 6.09.